The smallest absolute Gasteiger partial charge is 0.191 e. The molecule has 2 saturated heterocycles. The van der Waals surface area contributed by atoms with Gasteiger partial charge in [0.25, 0.3) is 0 Å². The normalized spacial score (nSPS) is 22.9. The van der Waals surface area contributed by atoms with Crippen LogP contribution in [0.25, 0.3) is 0 Å². The van der Waals surface area contributed by atoms with Gasteiger partial charge in [-0.15, -0.1) is 0 Å². The van der Waals surface area contributed by atoms with Gasteiger partial charge in [-0.2, -0.15) is 0 Å². The third-order valence-electron chi connectivity index (χ3n) is 5.95. The predicted octanol–water partition coefficient (Wildman–Crippen LogP) is 1.58. The highest BCUT2D eigenvalue weighted by atomic mass is 16.5. The average molecular weight is 404 g/mol. The van der Waals surface area contributed by atoms with Crippen molar-refractivity contribution in [1.82, 2.24) is 20.4 Å². The molecule has 2 unspecified atom stereocenters. The maximum atomic E-state index is 5.56. The summed E-state index contributed by atoms with van der Waals surface area (Å²) < 4.78 is 10.9. The van der Waals surface area contributed by atoms with E-state index in [-0.39, 0.29) is 6.04 Å². The van der Waals surface area contributed by atoms with E-state index in [0.717, 1.165) is 57.6 Å². The van der Waals surface area contributed by atoms with E-state index in [4.69, 9.17) is 9.47 Å². The fourth-order valence-corrected chi connectivity index (χ4v) is 4.27. The van der Waals surface area contributed by atoms with Crippen molar-refractivity contribution < 1.29 is 9.47 Å². The Bertz CT molecular complexity index is 631. The number of guanidine groups is 1. The molecule has 2 fully saturated rings. The highest BCUT2D eigenvalue weighted by Gasteiger charge is 2.23. The van der Waals surface area contributed by atoms with Crippen LogP contribution in [-0.4, -0.2) is 89.4 Å². The van der Waals surface area contributed by atoms with Crippen molar-refractivity contribution >= 4 is 5.96 Å². The summed E-state index contributed by atoms with van der Waals surface area (Å²) >= 11 is 0. The van der Waals surface area contributed by atoms with E-state index < -0.39 is 0 Å². The number of morpholine rings is 1. The fraction of sp³-hybridized carbons (Fsp3) is 0.682. The van der Waals surface area contributed by atoms with Crippen molar-refractivity contribution in [2.45, 2.75) is 18.9 Å². The molecule has 1 aromatic rings. The lowest BCUT2D eigenvalue weighted by atomic mass is 9.98. The van der Waals surface area contributed by atoms with Crippen LogP contribution in [0.3, 0.4) is 0 Å². The Kier molecular flexibility index (Phi) is 8.58. The Morgan fingerprint density at radius 2 is 1.97 bits per heavy atom. The Hall–Kier alpha value is -1.83. The summed E-state index contributed by atoms with van der Waals surface area (Å²) in [6, 6.07) is 8.66. The molecule has 29 heavy (non-hydrogen) atoms. The van der Waals surface area contributed by atoms with Gasteiger partial charge in [-0.25, -0.2) is 0 Å². The third-order valence-corrected chi connectivity index (χ3v) is 5.95. The van der Waals surface area contributed by atoms with Gasteiger partial charge in [0.1, 0.15) is 5.75 Å². The lowest BCUT2D eigenvalue weighted by molar-refractivity contribution is 0.0170. The molecule has 0 aromatic heterocycles. The van der Waals surface area contributed by atoms with Crippen LogP contribution in [0.5, 0.6) is 5.75 Å². The second kappa shape index (κ2) is 11.4. The van der Waals surface area contributed by atoms with E-state index in [9.17, 15) is 0 Å². The number of hydrogen-bond donors (Lipinski definition) is 2. The number of piperidine rings is 1. The average Bonchev–Trinajstić information content (AvgIpc) is 2.77. The van der Waals surface area contributed by atoms with Gasteiger partial charge in [0.05, 0.1) is 26.4 Å². The number of methoxy groups -OCH3 is 1. The van der Waals surface area contributed by atoms with Crippen LogP contribution in [0.2, 0.25) is 0 Å². The topological polar surface area (TPSA) is 61.4 Å². The summed E-state index contributed by atoms with van der Waals surface area (Å²) in [5.41, 5.74) is 1.28. The van der Waals surface area contributed by atoms with Crippen molar-refractivity contribution in [1.29, 1.82) is 0 Å². The minimum atomic E-state index is 0.268. The number of nitrogens with zero attached hydrogens (tertiary/aromatic N) is 3. The summed E-state index contributed by atoms with van der Waals surface area (Å²) in [7, 11) is 5.76. The number of likely N-dealkylation sites (tertiary alicyclic amines) is 1. The molecule has 2 N–H and O–H groups in total. The Morgan fingerprint density at radius 3 is 2.62 bits per heavy atom. The summed E-state index contributed by atoms with van der Waals surface area (Å²) in [6.07, 6.45) is 2.57. The zero-order valence-corrected chi connectivity index (χ0v) is 18.2. The molecule has 0 aliphatic carbocycles. The second-order valence-electron chi connectivity index (χ2n) is 8.04. The minimum Gasteiger partial charge on any atom is -0.497 e. The first-order chi connectivity index (χ1) is 14.2. The van der Waals surface area contributed by atoms with Crippen molar-refractivity contribution in [2.24, 2.45) is 10.9 Å². The molecule has 3 rings (SSSR count). The van der Waals surface area contributed by atoms with Crippen LogP contribution < -0.4 is 15.4 Å². The SMILES string of the molecule is CN=C(NCC1CCCN(C)C1)NCC(c1ccc(OC)cc1)N1CCOCC1. The molecule has 2 aliphatic heterocycles. The van der Waals surface area contributed by atoms with Crippen LogP contribution in [0.4, 0.5) is 0 Å². The summed E-state index contributed by atoms with van der Waals surface area (Å²) in [5, 5.41) is 7.09. The number of hydrogen-bond acceptors (Lipinski definition) is 5. The minimum absolute atomic E-state index is 0.268. The highest BCUT2D eigenvalue weighted by Crippen LogP contribution is 2.23. The van der Waals surface area contributed by atoms with E-state index in [0.29, 0.717) is 5.92 Å². The molecule has 0 radical (unpaired) electrons. The molecule has 7 nitrogen and oxygen atoms in total. The zero-order valence-electron chi connectivity index (χ0n) is 18.2. The lowest BCUT2D eigenvalue weighted by Gasteiger charge is -2.35. The van der Waals surface area contributed by atoms with Crippen LogP contribution in [0.1, 0.15) is 24.4 Å². The molecule has 0 bridgehead atoms. The van der Waals surface area contributed by atoms with Crippen molar-refractivity contribution in [3.63, 3.8) is 0 Å². The van der Waals surface area contributed by atoms with Gasteiger partial charge >= 0.3 is 0 Å². The maximum Gasteiger partial charge on any atom is 0.191 e. The van der Waals surface area contributed by atoms with Gasteiger partial charge < -0.3 is 25.0 Å². The molecule has 0 spiro atoms. The lowest BCUT2D eigenvalue weighted by Crippen LogP contribution is -2.47. The summed E-state index contributed by atoms with van der Waals surface area (Å²) in [5.74, 6) is 2.45. The zero-order chi connectivity index (χ0) is 20.5. The van der Waals surface area contributed by atoms with Gasteiger partial charge in [0.15, 0.2) is 5.96 Å². The number of aliphatic imine (C=N–C) groups is 1. The Labute approximate surface area is 175 Å². The number of benzene rings is 1. The van der Waals surface area contributed by atoms with E-state index in [1.54, 1.807) is 7.11 Å². The molecule has 0 saturated carbocycles. The quantitative estimate of drug-likeness (QED) is 0.532. The molecule has 2 aliphatic rings. The van der Waals surface area contributed by atoms with Gasteiger partial charge in [-0.05, 0) is 50.0 Å². The van der Waals surface area contributed by atoms with Crippen molar-refractivity contribution in [3.8, 4) is 5.75 Å². The van der Waals surface area contributed by atoms with Crippen molar-refractivity contribution in [3.05, 3.63) is 29.8 Å². The Morgan fingerprint density at radius 1 is 1.21 bits per heavy atom. The number of ether oxygens (including phenoxy) is 2. The predicted molar refractivity (Wildman–Crippen MR) is 118 cm³/mol. The van der Waals surface area contributed by atoms with Crippen LogP contribution >= 0.6 is 0 Å². The first-order valence-corrected chi connectivity index (χ1v) is 10.8. The van der Waals surface area contributed by atoms with Crippen LogP contribution in [-0.2, 0) is 4.74 Å². The van der Waals surface area contributed by atoms with E-state index in [1.165, 1.54) is 24.9 Å². The van der Waals surface area contributed by atoms with E-state index >= 15 is 0 Å². The van der Waals surface area contributed by atoms with Gasteiger partial charge in [-0.3, -0.25) is 9.89 Å². The maximum absolute atomic E-state index is 5.56. The second-order valence-corrected chi connectivity index (χ2v) is 8.04. The summed E-state index contributed by atoms with van der Waals surface area (Å²) in [4.78, 5) is 9.36. The van der Waals surface area contributed by atoms with Crippen molar-refractivity contribution in [2.75, 3.05) is 73.7 Å². The molecular formula is C22H37N5O2. The molecule has 1 aromatic carbocycles. The molecular weight excluding hydrogens is 366 g/mol. The monoisotopic (exact) mass is 403 g/mol. The molecule has 7 heteroatoms. The number of rotatable bonds is 7. The molecule has 2 heterocycles. The van der Waals surface area contributed by atoms with Gasteiger partial charge in [-0.1, -0.05) is 12.1 Å². The van der Waals surface area contributed by atoms with Gasteiger partial charge in [0.2, 0.25) is 0 Å². The van der Waals surface area contributed by atoms with Crippen LogP contribution in [0, 0.1) is 5.92 Å². The first kappa shape index (κ1) is 21.9. The summed E-state index contributed by atoms with van der Waals surface area (Å²) in [6.45, 7) is 7.60. The first-order valence-electron chi connectivity index (χ1n) is 10.8. The van der Waals surface area contributed by atoms with Gasteiger partial charge in [0, 0.05) is 39.8 Å². The third kappa shape index (κ3) is 6.59. The number of nitrogens with one attached hydrogen (secondary N) is 2. The molecule has 2 atom stereocenters. The largest absolute Gasteiger partial charge is 0.497 e. The fourth-order valence-electron chi connectivity index (χ4n) is 4.27. The van der Waals surface area contributed by atoms with Crippen LogP contribution in [0.15, 0.2) is 29.3 Å². The molecule has 0 amide bonds. The van der Waals surface area contributed by atoms with E-state index in [2.05, 4.69) is 44.6 Å². The Balaban J connectivity index is 1.58. The molecule has 162 valence electrons. The standard InChI is InChI=1S/C22H37N5O2/c1-23-22(24-15-18-5-4-10-26(2)17-18)25-16-21(27-11-13-29-14-12-27)19-6-8-20(28-3)9-7-19/h6-9,18,21H,4-5,10-17H2,1-3H3,(H2,23,24,25). The van der Waals surface area contributed by atoms with E-state index in [1.807, 2.05) is 19.2 Å². The highest BCUT2D eigenvalue weighted by molar-refractivity contribution is 5.79.